The summed E-state index contributed by atoms with van der Waals surface area (Å²) in [6.07, 6.45) is 5.72. The molecule has 1 amide bonds. The first-order chi connectivity index (χ1) is 12.3. The number of rotatable bonds is 4. The highest BCUT2D eigenvalue weighted by atomic mass is 35.5. The SMILES string of the molecule is CS(=O)(=O)c1ncc(Cl)c(C(=O)Nc2ccc(N3CCCCC3)cc2)n1. The minimum Gasteiger partial charge on any atom is -0.372 e. The summed E-state index contributed by atoms with van der Waals surface area (Å²) in [5.74, 6) is -0.590. The summed E-state index contributed by atoms with van der Waals surface area (Å²) >= 11 is 5.95. The number of halogens is 1. The van der Waals surface area contributed by atoms with E-state index < -0.39 is 20.9 Å². The molecule has 1 aromatic heterocycles. The molecule has 1 saturated heterocycles. The normalized spacial score (nSPS) is 14.9. The zero-order valence-electron chi connectivity index (χ0n) is 14.3. The summed E-state index contributed by atoms with van der Waals surface area (Å²) in [5.41, 5.74) is 1.51. The predicted molar refractivity (Wildman–Crippen MR) is 101 cm³/mol. The van der Waals surface area contributed by atoms with Crippen molar-refractivity contribution in [2.75, 3.05) is 29.6 Å². The second-order valence-corrected chi connectivity index (χ2v) is 8.49. The first-order valence-corrected chi connectivity index (χ1v) is 10.5. The van der Waals surface area contributed by atoms with Gasteiger partial charge in [-0.15, -0.1) is 0 Å². The van der Waals surface area contributed by atoms with Gasteiger partial charge in [0.05, 0.1) is 11.2 Å². The van der Waals surface area contributed by atoms with E-state index in [4.69, 9.17) is 11.6 Å². The van der Waals surface area contributed by atoms with Gasteiger partial charge in [-0.2, -0.15) is 0 Å². The van der Waals surface area contributed by atoms with Crippen molar-refractivity contribution in [2.24, 2.45) is 0 Å². The number of nitrogens with zero attached hydrogens (tertiary/aromatic N) is 3. The fraction of sp³-hybridized carbons (Fsp3) is 0.353. The molecule has 1 N–H and O–H groups in total. The van der Waals surface area contributed by atoms with Crippen molar-refractivity contribution in [3.8, 4) is 0 Å². The lowest BCUT2D eigenvalue weighted by molar-refractivity contribution is 0.102. The summed E-state index contributed by atoms with van der Waals surface area (Å²) in [7, 11) is -3.63. The van der Waals surface area contributed by atoms with Crippen LogP contribution in [0.2, 0.25) is 5.02 Å². The molecule has 9 heteroatoms. The highest BCUT2D eigenvalue weighted by Gasteiger charge is 2.19. The summed E-state index contributed by atoms with van der Waals surface area (Å²) in [6, 6.07) is 7.50. The summed E-state index contributed by atoms with van der Waals surface area (Å²) < 4.78 is 23.1. The van der Waals surface area contributed by atoms with Crippen molar-refractivity contribution < 1.29 is 13.2 Å². The maximum Gasteiger partial charge on any atom is 0.275 e. The van der Waals surface area contributed by atoms with Gasteiger partial charge in [0.1, 0.15) is 0 Å². The number of carbonyl (C=O) groups is 1. The van der Waals surface area contributed by atoms with Crippen molar-refractivity contribution in [3.63, 3.8) is 0 Å². The van der Waals surface area contributed by atoms with Crippen LogP contribution in [0.5, 0.6) is 0 Å². The molecule has 0 bridgehead atoms. The van der Waals surface area contributed by atoms with E-state index in [0.29, 0.717) is 5.69 Å². The third-order valence-corrected chi connectivity index (χ3v) is 5.25. The van der Waals surface area contributed by atoms with Crippen molar-refractivity contribution >= 4 is 38.7 Å². The Morgan fingerprint density at radius 2 is 1.81 bits per heavy atom. The fourth-order valence-corrected chi connectivity index (χ4v) is 3.46. The quantitative estimate of drug-likeness (QED) is 0.801. The van der Waals surface area contributed by atoms with Gasteiger partial charge in [0.2, 0.25) is 15.0 Å². The molecular weight excluding hydrogens is 376 g/mol. The molecule has 1 aromatic carbocycles. The molecule has 0 spiro atoms. The Hall–Kier alpha value is -2.19. The van der Waals surface area contributed by atoms with Crippen molar-refractivity contribution in [1.82, 2.24) is 9.97 Å². The number of sulfone groups is 1. The standard InChI is InChI=1S/C17H19ClN4O3S/c1-26(24,25)17-19-11-14(18)15(21-17)16(23)20-12-5-7-13(8-6-12)22-9-3-2-4-10-22/h5-8,11H,2-4,9-10H2,1H3,(H,20,23). The largest absolute Gasteiger partial charge is 0.372 e. The van der Waals surface area contributed by atoms with Crippen LogP contribution in [-0.4, -0.2) is 43.6 Å². The van der Waals surface area contributed by atoms with E-state index >= 15 is 0 Å². The number of amides is 1. The van der Waals surface area contributed by atoms with Crippen LogP contribution in [0.15, 0.2) is 35.6 Å². The second-order valence-electron chi connectivity index (χ2n) is 6.17. The van der Waals surface area contributed by atoms with E-state index in [2.05, 4.69) is 20.2 Å². The van der Waals surface area contributed by atoms with Gasteiger partial charge in [0.25, 0.3) is 5.91 Å². The molecule has 2 aromatic rings. The van der Waals surface area contributed by atoms with Crippen LogP contribution in [0, 0.1) is 0 Å². The number of anilines is 2. The third-order valence-electron chi connectivity index (χ3n) is 4.12. The van der Waals surface area contributed by atoms with Crippen LogP contribution in [-0.2, 0) is 9.84 Å². The molecule has 0 atom stereocenters. The first-order valence-electron chi connectivity index (χ1n) is 8.23. The van der Waals surface area contributed by atoms with E-state index in [-0.39, 0.29) is 10.7 Å². The zero-order valence-corrected chi connectivity index (χ0v) is 15.8. The van der Waals surface area contributed by atoms with Crippen molar-refractivity contribution in [1.29, 1.82) is 0 Å². The van der Waals surface area contributed by atoms with Crippen LogP contribution in [0.4, 0.5) is 11.4 Å². The van der Waals surface area contributed by atoms with E-state index in [1.807, 2.05) is 12.1 Å². The Morgan fingerprint density at radius 1 is 1.15 bits per heavy atom. The van der Waals surface area contributed by atoms with Gasteiger partial charge >= 0.3 is 0 Å². The summed E-state index contributed by atoms with van der Waals surface area (Å²) in [5, 5.41) is 2.23. The molecule has 1 fully saturated rings. The average Bonchev–Trinajstić information content (AvgIpc) is 2.62. The van der Waals surface area contributed by atoms with E-state index in [9.17, 15) is 13.2 Å². The molecule has 7 nitrogen and oxygen atoms in total. The highest BCUT2D eigenvalue weighted by molar-refractivity contribution is 7.90. The molecule has 1 aliphatic rings. The Morgan fingerprint density at radius 3 is 2.42 bits per heavy atom. The van der Waals surface area contributed by atoms with Gasteiger partial charge in [-0.3, -0.25) is 4.79 Å². The van der Waals surface area contributed by atoms with Crippen LogP contribution < -0.4 is 10.2 Å². The Kier molecular flexibility index (Phi) is 5.43. The molecule has 0 radical (unpaired) electrons. The number of carbonyl (C=O) groups excluding carboxylic acids is 1. The molecular formula is C17H19ClN4O3S. The number of nitrogens with one attached hydrogen (secondary N) is 1. The number of aromatic nitrogens is 2. The lowest BCUT2D eigenvalue weighted by Crippen LogP contribution is -2.29. The maximum atomic E-state index is 12.4. The Labute approximate surface area is 157 Å². The topological polar surface area (TPSA) is 92.3 Å². The molecule has 26 heavy (non-hydrogen) atoms. The molecule has 2 heterocycles. The van der Waals surface area contributed by atoms with Gasteiger partial charge in [-0.05, 0) is 43.5 Å². The Balaban J connectivity index is 1.75. The molecule has 138 valence electrons. The average molecular weight is 395 g/mol. The predicted octanol–water partition coefficient (Wildman–Crippen LogP) is 2.78. The molecule has 0 unspecified atom stereocenters. The summed E-state index contributed by atoms with van der Waals surface area (Å²) in [6.45, 7) is 2.08. The Bertz CT molecular complexity index is 910. The number of benzene rings is 1. The number of piperidine rings is 1. The van der Waals surface area contributed by atoms with Gasteiger partial charge in [0, 0.05) is 30.7 Å². The van der Waals surface area contributed by atoms with Crippen molar-refractivity contribution in [2.45, 2.75) is 24.4 Å². The van der Waals surface area contributed by atoms with E-state index in [0.717, 1.165) is 31.2 Å². The number of hydrogen-bond donors (Lipinski definition) is 1. The summed E-state index contributed by atoms with van der Waals surface area (Å²) in [4.78, 5) is 22.1. The first kappa shape index (κ1) is 18.6. The maximum absolute atomic E-state index is 12.4. The van der Waals surface area contributed by atoms with E-state index in [1.165, 1.54) is 19.3 Å². The zero-order chi connectivity index (χ0) is 18.7. The van der Waals surface area contributed by atoms with Crippen LogP contribution in [0.1, 0.15) is 29.8 Å². The van der Waals surface area contributed by atoms with Crippen LogP contribution in [0.25, 0.3) is 0 Å². The van der Waals surface area contributed by atoms with Gasteiger partial charge in [0.15, 0.2) is 5.69 Å². The number of hydrogen-bond acceptors (Lipinski definition) is 6. The third kappa shape index (κ3) is 4.31. The lowest BCUT2D eigenvalue weighted by Gasteiger charge is -2.28. The molecule has 0 aliphatic carbocycles. The van der Waals surface area contributed by atoms with Crippen LogP contribution in [0.3, 0.4) is 0 Å². The lowest BCUT2D eigenvalue weighted by atomic mass is 10.1. The van der Waals surface area contributed by atoms with Gasteiger partial charge in [-0.25, -0.2) is 18.4 Å². The molecule has 0 saturated carbocycles. The minimum absolute atomic E-state index is 0.0140. The molecule has 3 rings (SSSR count). The fourth-order valence-electron chi connectivity index (χ4n) is 2.79. The van der Waals surface area contributed by atoms with Gasteiger partial charge in [-0.1, -0.05) is 11.6 Å². The van der Waals surface area contributed by atoms with Crippen LogP contribution >= 0.6 is 11.6 Å². The van der Waals surface area contributed by atoms with Gasteiger partial charge < -0.3 is 10.2 Å². The molecule has 1 aliphatic heterocycles. The second kappa shape index (κ2) is 7.59. The monoisotopic (exact) mass is 394 g/mol. The minimum atomic E-state index is -3.63. The van der Waals surface area contributed by atoms with E-state index in [1.54, 1.807) is 12.1 Å². The highest BCUT2D eigenvalue weighted by Crippen LogP contribution is 2.22. The smallest absolute Gasteiger partial charge is 0.275 e. The van der Waals surface area contributed by atoms with Crippen molar-refractivity contribution in [3.05, 3.63) is 41.2 Å².